The van der Waals surface area contributed by atoms with Crippen molar-refractivity contribution in [3.8, 4) is 11.1 Å². The van der Waals surface area contributed by atoms with Gasteiger partial charge >= 0.3 is 0 Å². The van der Waals surface area contributed by atoms with Gasteiger partial charge in [0.05, 0.1) is 5.69 Å². The Balaban J connectivity index is 1.73. The van der Waals surface area contributed by atoms with Crippen molar-refractivity contribution in [2.75, 3.05) is 0 Å². The van der Waals surface area contributed by atoms with Gasteiger partial charge in [0.25, 0.3) is 5.91 Å². The van der Waals surface area contributed by atoms with Crippen molar-refractivity contribution in [1.29, 1.82) is 0 Å². The highest BCUT2D eigenvalue weighted by molar-refractivity contribution is 5.96. The summed E-state index contributed by atoms with van der Waals surface area (Å²) in [6.07, 6.45) is 7.25. The fraction of sp³-hybridized carbons (Fsp3) is 0.360. The summed E-state index contributed by atoms with van der Waals surface area (Å²) in [4.78, 5) is 13.0. The van der Waals surface area contributed by atoms with Crippen LogP contribution in [0.3, 0.4) is 0 Å². The summed E-state index contributed by atoms with van der Waals surface area (Å²) in [5.41, 5.74) is 6.11. The van der Waals surface area contributed by atoms with Gasteiger partial charge in [-0.25, -0.2) is 4.68 Å². The molecule has 0 saturated heterocycles. The number of hydrogen-bond acceptors (Lipinski definition) is 2. The number of carbonyl (C=O) groups is 1. The molecule has 0 radical (unpaired) electrons. The van der Waals surface area contributed by atoms with E-state index in [1.807, 2.05) is 56.3 Å². The quantitative estimate of drug-likeness (QED) is 0.429. The van der Waals surface area contributed by atoms with Crippen molar-refractivity contribution in [3.63, 3.8) is 0 Å². The van der Waals surface area contributed by atoms with Crippen LogP contribution in [0.5, 0.6) is 0 Å². The van der Waals surface area contributed by atoms with Gasteiger partial charge in [-0.3, -0.25) is 4.79 Å². The molecule has 2 aromatic carbocycles. The van der Waals surface area contributed by atoms with E-state index >= 15 is 0 Å². The molecule has 146 valence electrons. The summed E-state index contributed by atoms with van der Waals surface area (Å²) in [5.74, 6) is -0.0579. The largest absolute Gasteiger partial charge is 0.278 e. The first-order valence-corrected chi connectivity index (χ1v) is 10.4. The molecule has 0 amide bonds. The lowest BCUT2D eigenvalue weighted by atomic mass is 10.0. The van der Waals surface area contributed by atoms with Gasteiger partial charge in [0, 0.05) is 11.3 Å². The zero-order valence-corrected chi connectivity index (χ0v) is 17.2. The first-order chi connectivity index (χ1) is 13.6. The highest BCUT2D eigenvalue weighted by atomic mass is 16.2. The Morgan fingerprint density at radius 3 is 2.18 bits per heavy atom. The number of aryl methyl sites for hydroxylation is 1. The van der Waals surface area contributed by atoms with Gasteiger partial charge in [0.2, 0.25) is 0 Å². The van der Waals surface area contributed by atoms with E-state index in [2.05, 4.69) is 24.2 Å². The Kier molecular flexibility index (Phi) is 6.80. The third-order valence-corrected chi connectivity index (χ3v) is 5.40. The highest BCUT2D eigenvalue weighted by Gasteiger charge is 2.17. The van der Waals surface area contributed by atoms with Crippen LogP contribution in [-0.2, 0) is 6.42 Å². The average molecular weight is 375 g/mol. The van der Waals surface area contributed by atoms with Crippen LogP contribution in [0, 0.1) is 13.8 Å². The number of rotatable bonds is 8. The smallest absolute Gasteiger partial charge is 0.267 e. The fourth-order valence-corrected chi connectivity index (χ4v) is 3.70. The maximum absolute atomic E-state index is 13.0. The van der Waals surface area contributed by atoms with Crippen molar-refractivity contribution in [2.45, 2.75) is 59.3 Å². The molecule has 0 saturated carbocycles. The molecule has 0 aliphatic carbocycles. The molecule has 0 aliphatic heterocycles. The van der Waals surface area contributed by atoms with Crippen molar-refractivity contribution >= 4 is 5.91 Å². The van der Waals surface area contributed by atoms with Crippen LogP contribution in [-0.4, -0.2) is 15.7 Å². The van der Waals surface area contributed by atoms with E-state index < -0.39 is 0 Å². The summed E-state index contributed by atoms with van der Waals surface area (Å²) in [6.45, 7) is 6.25. The number of unbranched alkanes of at least 4 members (excludes halogenated alkanes) is 4. The second-order valence-electron chi connectivity index (χ2n) is 7.47. The summed E-state index contributed by atoms with van der Waals surface area (Å²) >= 11 is 0. The van der Waals surface area contributed by atoms with Crippen molar-refractivity contribution < 1.29 is 4.79 Å². The first kappa shape index (κ1) is 20.1. The maximum atomic E-state index is 13.0. The predicted molar refractivity (Wildman–Crippen MR) is 116 cm³/mol. The van der Waals surface area contributed by atoms with Gasteiger partial charge in [-0.15, -0.1) is 0 Å². The van der Waals surface area contributed by atoms with E-state index in [0.29, 0.717) is 5.56 Å². The molecule has 1 heterocycles. The van der Waals surface area contributed by atoms with E-state index in [9.17, 15) is 4.79 Å². The molecule has 1 aromatic heterocycles. The summed E-state index contributed by atoms with van der Waals surface area (Å²) < 4.78 is 1.58. The van der Waals surface area contributed by atoms with Gasteiger partial charge in [-0.05, 0) is 55.5 Å². The van der Waals surface area contributed by atoms with Crippen LogP contribution in [0.15, 0.2) is 54.6 Å². The molecule has 0 aliphatic rings. The van der Waals surface area contributed by atoms with E-state index in [0.717, 1.165) is 35.4 Å². The van der Waals surface area contributed by atoms with Gasteiger partial charge in [-0.1, -0.05) is 75.1 Å². The summed E-state index contributed by atoms with van der Waals surface area (Å²) in [6, 6.07) is 18.0. The van der Waals surface area contributed by atoms with E-state index in [1.54, 1.807) is 4.68 Å². The third kappa shape index (κ3) is 4.59. The monoisotopic (exact) mass is 374 g/mol. The highest BCUT2D eigenvalue weighted by Crippen LogP contribution is 2.21. The molecule has 3 aromatic rings. The number of aromatic nitrogens is 2. The number of benzene rings is 2. The molecule has 0 atom stereocenters. The molecular weight excluding hydrogens is 344 g/mol. The zero-order chi connectivity index (χ0) is 19.9. The minimum absolute atomic E-state index is 0.0579. The standard InChI is InChI=1S/C25H30N2O/c1-4-5-6-7-11-14-24-19(2)26-27(20(24)3)25(28)23-17-15-22(16-18-23)21-12-9-8-10-13-21/h8-10,12-13,15-18H,4-7,11,14H2,1-3H3. The topological polar surface area (TPSA) is 34.9 Å². The van der Waals surface area contributed by atoms with Crippen molar-refractivity contribution in [2.24, 2.45) is 0 Å². The molecule has 3 rings (SSSR count). The second kappa shape index (κ2) is 9.50. The van der Waals surface area contributed by atoms with Crippen LogP contribution in [0.25, 0.3) is 11.1 Å². The third-order valence-electron chi connectivity index (χ3n) is 5.40. The summed E-state index contributed by atoms with van der Waals surface area (Å²) in [5, 5.41) is 4.55. The van der Waals surface area contributed by atoms with Crippen molar-refractivity contribution in [1.82, 2.24) is 9.78 Å². The Bertz CT molecular complexity index is 908. The van der Waals surface area contributed by atoms with E-state index in [1.165, 1.54) is 31.2 Å². The molecule has 0 fully saturated rings. The Morgan fingerprint density at radius 2 is 1.50 bits per heavy atom. The Hall–Kier alpha value is -2.68. The first-order valence-electron chi connectivity index (χ1n) is 10.4. The number of hydrogen-bond donors (Lipinski definition) is 0. The maximum Gasteiger partial charge on any atom is 0.278 e. The van der Waals surface area contributed by atoms with Gasteiger partial charge < -0.3 is 0 Å². The SMILES string of the molecule is CCCCCCCc1c(C)nn(C(=O)c2ccc(-c3ccccc3)cc2)c1C. The fourth-order valence-electron chi connectivity index (χ4n) is 3.70. The number of nitrogens with zero attached hydrogens (tertiary/aromatic N) is 2. The van der Waals surface area contributed by atoms with Gasteiger partial charge in [-0.2, -0.15) is 5.10 Å². The molecular formula is C25H30N2O. The minimum Gasteiger partial charge on any atom is -0.267 e. The molecule has 3 heteroatoms. The van der Waals surface area contributed by atoms with Crippen LogP contribution < -0.4 is 0 Å². The Labute approximate surface area is 168 Å². The van der Waals surface area contributed by atoms with Crippen LogP contribution >= 0.6 is 0 Å². The predicted octanol–water partition coefficient (Wildman–Crippen LogP) is 6.37. The van der Waals surface area contributed by atoms with Gasteiger partial charge in [0.15, 0.2) is 0 Å². The van der Waals surface area contributed by atoms with Crippen LogP contribution in [0.4, 0.5) is 0 Å². The normalized spacial score (nSPS) is 11.0. The Morgan fingerprint density at radius 1 is 0.857 bits per heavy atom. The molecule has 0 unspecified atom stereocenters. The molecule has 28 heavy (non-hydrogen) atoms. The van der Waals surface area contributed by atoms with Crippen LogP contribution in [0.1, 0.15) is 66.3 Å². The lowest BCUT2D eigenvalue weighted by Gasteiger charge is -2.06. The molecule has 0 spiro atoms. The van der Waals surface area contributed by atoms with E-state index in [-0.39, 0.29) is 5.91 Å². The molecule has 3 nitrogen and oxygen atoms in total. The van der Waals surface area contributed by atoms with Crippen LogP contribution in [0.2, 0.25) is 0 Å². The lowest BCUT2D eigenvalue weighted by Crippen LogP contribution is -2.15. The molecule has 0 bridgehead atoms. The lowest BCUT2D eigenvalue weighted by molar-refractivity contribution is 0.0942. The van der Waals surface area contributed by atoms with Gasteiger partial charge in [0.1, 0.15) is 0 Å². The second-order valence-corrected chi connectivity index (χ2v) is 7.47. The molecule has 0 N–H and O–H groups in total. The van der Waals surface area contributed by atoms with E-state index in [4.69, 9.17) is 0 Å². The minimum atomic E-state index is -0.0579. The van der Waals surface area contributed by atoms with Crippen molar-refractivity contribution in [3.05, 3.63) is 77.1 Å². The zero-order valence-electron chi connectivity index (χ0n) is 17.2. The average Bonchev–Trinajstić information content (AvgIpc) is 3.02. The number of carbonyl (C=O) groups excluding carboxylic acids is 1. The summed E-state index contributed by atoms with van der Waals surface area (Å²) in [7, 11) is 0.